The zero-order valence-corrected chi connectivity index (χ0v) is 14.8. The fourth-order valence-electron chi connectivity index (χ4n) is 3.31. The summed E-state index contributed by atoms with van der Waals surface area (Å²) in [7, 11) is 1.71. The number of carbonyl (C=O) groups is 1. The maximum absolute atomic E-state index is 12.3. The fraction of sp³-hybridized carbons (Fsp3) is 0.381. The van der Waals surface area contributed by atoms with Gasteiger partial charge in [0.25, 0.3) is 0 Å². The molecule has 0 saturated carbocycles. The van der Waals surface area contributed by atoms with Crippen molar-refractivity contribution in [3.8, 4) is 0 Å². The first-order valence-electron chi connectivity index (χ1n) is 8.89. The predicted octanol–water partition coefficient (Wildman–Crippen LogP) is 3.02. The standard InChI is InChI=1S/C21H26N2O2/c1-25-12-11-22-15-18-9-7-17(8-10-18)13-19-14-21(24)23(16-19)20-5-3-2-4-6-20/h2-10,19,22H,11-16H2,1H3/t19-/m0/s1. The molecule has 0 bridgehead atoms. The van der Waals surface area contributed by atoms with Crippen LogP contribution >= 0.6 is 0 Å². The van der Waals surface area contributed by atoms with Gasteiger partial charge in [-0.25, -0.2) is 0 Å². The molecule has 1 N–H and O–H groups in total. The minimum atomic E-state index is 0.232. The average Bonchev–Trinajstić information content (AvgIpc) is 3.01. The van der Waals surface area contributed by atoms with Crippen molar-refractivity contribution in [2.24, 2.45) is 5.92 Å². The molecule has 0 spiro atoms. The first-order valence-corrected chi connectivity index (χ1v) is 8.89. The van der Waals surface area contributed by atoms with Crippen LogP contribution in [0.5, 0.6) is 0 Å². The van der Waals surface area contributed by atoms with E-state index in [0.717, 1.165) is 38.3 Å². The number of amides is 1. The first-order chi connectivity index (χ1) is 12.3. The van der Waals surface area contributed by atoms with Gasteiger partial charge in [-0.15, -0.1) is 0 Å². The normalized spacial score (nSPS) is 17.2. The van der Waals surface area contributed by atoms with Crippen LogP contribution in [0.4, 0.5) is 5.69 Å². The molecular weight excluding hydrogens is 312 g/mol. The van der Waals surface area contributed by atoms with Crippen molar-refractivity contribution in [2.75, 3.05) is 31.7 Å². The Morgan fingerprint density at radius 1 is 1.08 bits per heavy atom. The Morgan fingerprint density at radius 2 is 1.80 bits per heavy atom. The third-order valence-corrected chi connectivity index (χ3v) is 4.63. The van der Waals surface area contributed by atoms with Crippen molar-refractivity contribution in [2.45, 2.75) is 19.4 Å². The molecule has 3 rings (SSSR count). The molecule has 1 amide bonds. The Bertz CT molecular complexity index is 670. The molecule has 2 aromatic carbocycles. The summed E-state index contributed by atoms with van der Waals surface area (Å²) >= 11 is 0. The Kier molecular flexibility index (Phi) is 6.20. The monoisotopic (exact) mass is 338 g/mol. The van der Waals surface area contributed by atoms with Gasteiger partial charge in [-0.1, -0.05) is 42.5 Å². The van der Waals surface area contributed by atoms with Gasteiger partial charge >= 0.3 is 0 Å². The van der Waals surface area contributed by atoms with Crippen LogP contribution in [0.15, 0.2) is 54.6 Å². The smallest absolute Gasteiger partial charge is 0.227 e. The molecule has 2 aromatic rings. The maximum Gasteiger partial charge on any atom is 0.227 e. The minimum absolute atomic E-state index is 0.232. The lowest BCUT2D eigenvalue weighted by Gasteiger charge is -2.16. The number of hydrogen-bond acceptors (Lipinski definition) is 3. The van der Waals surface area contributed by atoms with Crippen molar-refractivity contribution in [1.82, 2.24) is 5.32 Å². The Morgan fingerprint density at radius 3 is 2.52 bits per heavy atom. The van der Waals surface area contributed by atoms with Gasteiger partial charge in [0.05, 0.1) is 6.61 Å². The number of anilines is 1. The molecule has 1 fully saturated rings. The van der Waals surface area contributed by atoms with Crippen molar-refractivity contribution in [1.29, 1.82) is 0 Å². The molecule has 4 nitrogen and oxygen atoms in total. The molecule has 25 heavy (non-hydrogen) atoms. The predicted molar refractivity (Wildman–Crippen MR) is 101 cm³/mol. The molecule has 0 unspecified atom stereocenters. The number of nitrogens with zero attached hydrogens (tertiary/aromatic N) is 1. The molecule has 1 atom stereocenters. The van der Waals surface area contributed by atoms with E-state index in [2.05, 4.69) is 29.6 Å². The molecule has 132 valence electrons. The van der Waals surface area contributed by atoms with Gasteiger partial charge in [-0.2, -0.15) is 0 Å². The highest BCUT2D eigenvalue weighted by Crippen LogP contribution is 2.27. The Labute approximate surface area is 149 Å². The van der Waals surface area contributed by atoms with Crippen LogP contribution in [0.1, 0.15) is 17.5 Å². The second-order valence-corrected chi connectivity index (χ2v) is 6.60. The quantitative estimate of drug-likeness (QED) is 0.752. The molecule has 0 aromatic heterocycles. The van der Waals surface area contributed by atoms with Crippen LogP contribution in [0.3, 0.4) is 0 Å². The molecule has 1 aliphatic heterocycles. The largest absolute Gasteiger partial charge is 0.383 e. The summed E-state index contributed by atoms with van der Waals surface area (Å²) in [5.74, 6) is 0.619. The second kappa shape index (κ2) is 8.79. The van der Waals surface area contributed by atoms with Crippen LogP contribution in [0.25, 0.3) is 0 Å². The summed E-state index contributed by atoms with van der Waals surface area (Å²) < 4.78 is 5.03. The fourth-order valence-corrected chi connectivity index (χ4v) is 3.31. The SMILES string of the molecule is COCCNCc1ccc(C[C@H]2CC(=O)N(c3ccccc3)C2)cc1. The van der Waals surface area contributed by atoms with Crippen molar-refractivity contribution in [3.05, 3.63) is 65.7 Å². The number of benzene rings is 2. The van der Waals surface area contributed by atoms with Gasteiger partial charge in [-0.3, -0.25) is 4.79 Å². The topological polar surface area (TPSA) is 41.6 Å². The van der Waals surface area contributed by atoms with Crippen LogP contribution in [0, 0.1) is 5.92 Å². The number of carbonyl (C=O) groups excluding carboxylic acids is 1. The summed E-state index contributed by atoms with van der Waals surface area (Å²) in [6.07, 6.45) is 1.58. The highest BCUT2D eigenvalue weighted by molar-refractivity contribution is 5.95. The number of para-hydroxylation sites is 1. The van der Waals surface area contributed by atoms with Crippen LogP contribution in [-0.4, -0.2) is 32.7 Å². The maximum atomic E-state index is 12.3. The number of nitrogens with one attached hydrogen (secondary N) is 1. The van der Waals surface area contributed by atoms with Gasteiger partial charge in [0.2, 0.25) is 5.91 Å². The summed E-state index contributed by atoms with van der Waals surface area (Å²) in [6.45, 7) is 3.25. The van der Waals surface area contributed by atoms with E-state index in [9.17, 15) is 4.79 Å². The molecule has 1 heterocycles. The van der Waals surface area contributed by atoms with Crippen molar-refractivity contribution < 1.29 is 9.53 Å². The molecule has 0 radical (unpaired) electrons. The lowest BCUT2D eigenvalue weighted by Crippen LogP contribution is -2.24. The summed E-state index contributed by atoms with van der Waals surface area (Å²) in [4.78, 5) is 14.2. The summed E-state index contributed by atoms with van der Waals surface area (Å²) in [6, 6.07) is 18.7. The third-order valence-electron chi connectivity index (χ3n) is 4.63. The summed E-state index contributed by atoms with van der Waals surface area (Å²) in [5.41, 5.74) is 3.58. The van der Waals surface area contributed by atoms with E-state index in [0.29, 0.717) is 12.3 Å². The average molecular weight is 338 g/mol. The number of hydrogen-bond donors (Lipinski definition) is 1. The third kappa shape index (κ3) is 4.91. The molecular formula is C21H26N2O2. The van der Waals surface area contributed by atoms with Crippen LogP contribution in [0.2, 0.25) is 0 Å². The van der Waals surface area contributed by atoms with E-state index in [1.165, 1.54) is 11.1 Å². The molecule has 1 aliphatic rings. The molecule has 4 heteroatoms. The van der Waals surface area contributed by atoms with Gasteiger partial charge < -0.3 is 15.0 Å². The molecule has 0 aliphatic carbocycles. The van der Waals surface area contributed by atoms with E-state index in [1.807, 2.05) is 35.2 Å². The van der Waals surface area contributed by atoms with Gasteiger partial charge in [0.1, 0.15) is 0 Å². The lowest BCUT2D eigenvalue weighted by molar-refractivity contribution is -0.117. The van der Waals surface area contributed by atoms with Crippen LogP contribution < -0.4 is 10.2 Å². The van der Waals surface area contributed by atoms with Crippen LogP contribution in [-0.2, 0) is 22.5 Å². The van der Waals surface area contributed by atoms with E-state index < -0.39 is 0 Å². The number of rotatable bonds is 8. The lowest BCUT2D eigenvalue weighted by atomic mass is 9.98. The Balaban J connectivity index is 1.52. The van der Waals surface area contributed by atoms with E-state index in [4.69, 9.17) is 4.74 Å². The number of ether oxygens (including phenoxy) is 1. The van der Waals surface area contributed by atoms with Crippen molar-refractivity contribution >= 4 is 11.6 Å². The van der Waals surface area contributed by atoms with Gasteiger partial charge in [0, 0.05) is 38.9 Å². The van der Waals surface area contributed by atoms with E-state index in [1.54, 1.807) is 7.11 Å². The number of methoxy groups -OCH3 is 1. The zero-order chi connectivity index (χ0) is 17.5. The van der Waals surface area contributed by atoms with E-state index in [-0.39, 0.29) is 5.91 Å². The zero-order valence-electron chi connectivity index (χ0n) is 14.8. The highest BCUT2D eigenvalue weighted by Gasteiger charge is 2.30. The van der Waals surface area contributed by atoms with Gasteiger partial charge in [-0.05, 0) is 35.6 Å². The van der Waals surface area contributed by atoms with Gasteiger partial charge in [0.15, 0.2) is 0 Å². The summed E-state index contributed by atoms with van der Waals surface area (Å²) in [5, 5.41) is 3.35. The first kappa shape index (κ1) is 17.6. The highest BCUT2D eigenvalue weighted by atomic mass is 16.5. The molecule has 1 saturated heterocycles. The minimum Gasteiger partial charge on any atom is -0.383 e. The Hall–Kier alpha value is -2.17. The van der Waals surface area contributed by atoms with E-state index >= 15 is 0 Å². The second-order valence-electron chi connectivity index (χ2n) is 6.60. The van der Waals surface area contributed by atoms with Crippen molar-refractivity contribution in [3.63, 3.8) is 0 Å².